The van der Waals surface area contributed by atoms with E-state index in [0.717, 1.165) is 18.5 Å². The first-order chi connectivity index (χ1) is 11.4. The molecule has 0 aliphatic rings. The van der Waals surface area contributed by atoms with Crippen LogP contribution >= 0.6 is 12.2 Å². The highest BCUT2D eigenvalue weighted by Crippen LogP contribution is 2.16. The normalized spacial score (nSPS) is 11.5. The minimum absolute atomic E-state index is 0.116. The molecular formula is C17H26N4O2S. The Labute approximate surface area is 148 Å². The molecule has 1 atom stereocenters. The van der Waals surface area contributed by atoms with E-state index in [0.29, 0.717) is 11.0 Å². The predicted octanol–water partition coefficient (Wildman–Crippen LogP) is 1.80. The summed E-state index contributed by atoms with van der Waals surface area (Å²) in [5.74, 6) is 0.139. The van der Waals surface area contributed by atoms with Gasteiger partial charge in [0.15, 0.2) is 5.11 Å². The lowest BCUT2D eigenvalue weighted by atomic mass is 10.0. The number of hydrazine groups is 1. The fraction of sp³-hybridized carbons (Fsp3) is 0.471. The topological polar surface area (TPSA) is 82.3 Å². The number of nitrogens with one attached hydrogen (secondary N) is 4. The number of hydrogen-bond acceptors (Lipinski definition) is 3. The van der Waals surface area contributed by atoms with Gasteiger partial charge in [0.05, 0.1) is 12.5 Å². The second kappa shape index (κ2) is 10.6. The van der Waals surface area contributed by atoms with Gasteiger partial charge in [-0.25, -0.2) is 0 Å². The molecular weight excluding hydrogens is 324 g/mol. The quantitative estimate of drug-likeness (QED) is 0.445. The van der Waals surface area contributed by atoms with Gasteiger partial charge >= 0.3 is 0 Å². The zero-order chi connectivity index (χ0) is 17.9. The molecule has 1 aromatic carbocycles. The largest absolute Gasteiger partial charge is 0.361 e. The Morgan fingerprint density at radius 2 is 1.79 bits per heavy atom. The van der Waals surface area contributed by atoms with Crippen molar-refractivity contribution in [2.75, 3.05) is 6.54 Å². The SMILES string of the molecule is CC(=O)N[C@@H](CC(=O)NNC(=S)NCCC(C)C)c1ccccc1. The third-order valence-corrected chi connectivity index (χ3v) is 3.54. The van der Waals surface area contributed by atoms with E-state index in [2.05, 4.69) is 35.3 Å². The maximum Gasteiger partial charge on any atom is 0.240 e. The van der Waals surface area contributed by atoms with Gasteiger partial charge < -0.3 is 10.6 Å². The van der Waals surface area contributed by atoms with Crippen molar-refractivity contribution in [1.82, 2.24) is 21.5 Å². The summed E-state index contributed by atoms with van der Waals surface area (Å²) < 4.78 is 0. The Balaban J connectivity index is 2.45. The highest BCUT2D eigenvalue weighted by Gasteiger charge is 2.16. The van der Waals surface area contributed by atoms with E-state index in [1.807, 2.05) is 30.3 Å². The molecule has 0 saturated carbocycles. The van der Waals surface area contributed by atoms with Gasteiger partial charge in [0, 0.05) is 13.5 Å². The lowest BCUT2D eigenvalue weighted by Crippen LogP contribution is -2.47. The van der Waals surface area contributed by atoms with E-state index in [1.165, 1.54) is 6.92 Å². The number of hydrogen-bond donors (Lipinski definition) is 4. The second-order valence-corrected chi connectivity index (χ2v) is 6.39. The van der Waals surface area contributed by atoms with Gasteiger partial charge in [-0.15, -0.1) is 0 Å². The average molecular weight is 350 g/mol. The summed E-state index contributed by atoms with van der Waals surface area (Å²) in [5.41, 5.74) is 6.10. The molecule has 0 saturated heterocycles. The molecule has 1 aromatic rings. The molecule has 0 unspecified atom stereocenters. The van der Waals surface area contributed by atoms with Crippen LogP contribution in [-0.2, 0) is 9.59 Å². The molecule has 0 fully saturated rings. The lowest BCUT2D eigenvalue weighted by Gasteiger charge is -2.19. The molecule has 0 heterocycles. The van der Waals surface area contributed by atoms with Crippen LogP contribution in [-0.4, -0.2) is 23.5 Å². The molecule has 2 amide bonds. The Hall–Kier alpha value is -2.15. The molecule has 132 valence electrons. The van der Waals surface area contributed by atoms with E-state index in [4.69, 9.17) is 12.2 Å². The van der Waals surface area contributed by atoms with Gasteiger partial charge in [-0.05, 0) is 30.1 Å². The van der Waals surface area contributed by atoms with Crippen molar-refractivity contribution < 1.29 is 9.59 Å². The second-order valence-electron chi connectivity index (χ2n) is 5.98. The van der Waals surface area contributed by atoms with Gasteiger partial charge in [-0.2, -0.15) is 0 Å². The van der Waals surface area contributed by atoms with E-state index < -0.39 is 0 Å². The van der Waals surface area contributed by atoms with Crippen molar-refractivity contribution in [3.05, 3.63) is 35.9 Å². The molecule has 1 rings (SSSR count). The first kappa shape index (κ1) is 19.9. The van der Waals surface area contributed by atoms with Gasteiger partial charge in [0.1, 0.15) is 0 Å². The van der Waals surface area contributed by atoms with E-state index >= 15 is 0 Å². The minimum atomic E-state index is -0.382. The summed E-state index contributed by atoms with van der Waals surface area (Å²) in [5, 5.41) is 6.18. The number of carbonyl (C=O) groups excluding carboxylic acids is 2. The molecule has 0 radical (unpaired) electrons. The van der Waals surface area contributed by atoms with Crippen LogP contribution in [0.1, 0.15) is 45.2 Å². The van der Waals surface area contributed by atoms with Gasteiger partial charge in [0.25, 0.3) is 0 Å². The first-order valence-corrected chi connectivity index (χ1v) is 8.44. The first-order valence-electron chi connectivity index (χ1n) is 8.03. The fourth-order valence-electron chi connectivity index (χ4n) is 2.06. The van der Waals surface area contributed by atoms with Crippen LogP contribution in [0.5, 0.6) is 0 Å². The number of thiocarbonyl (C=S) groups is 1. The zero-order valence-corrected chi connectivity index (χ0v) is 15.2. The minimum Gasteiger partial charge on any atom is -0.361 e. The summed E-state index contributed by atoms with van der Waals surface area (Å²) in [6.07, 6.45) is 1.11. The predicted molar refractivity (Wildman–Crippen MR) is 99.0 cm³/mol. The lowest BCUT2D eigenvalue weighted by molar-refractivity contribution is -0.123. The zero-order valence-electron chi connectivity index (χ0n) is 14.4. The standard InChI is InChI=1S/C17H26N4O2S/c1-12(2)9-10-18-17(24)21-20-16(23)11-15(19-13(3)22)14-7-5-4-6-8-14/h4-8,12,15H,9-11H2,1-3H3,(H,19,22)(H,20,23)(H2,18,21,24)/t15-/m0/s1. The number of benzene rings is 1. The van der Waals surface area contributed by atoms with Crippen molar-refractivity contribution in [1.29, 1.82) is 0 Å². The molecule has 7 heteroatoms. The monoisotopic (exact) mass is 350 g/mol. The Bertz CT molecular complexity index is 549. The maximum atomic E-state index is 12.1. The molecule has 0 bridgehead atoms. The van der Waals surface area contributed by atoms with Gasteiger partial charge in [-0.1, -0.05) is 44.2 Å². The summed E-state index contributed by atoms with van der Waals surface area (Å²) in [4.78, 5) is 23.4. The van der Waals surface area contributed by atoms with Crippen molar-refractivity contribution >= 4 is 29.1 Å². The van der Waals surface area contributed by atoms with Gasteiger partial charge in [-0.3, -0.25) is 20.4 Å². The van der Waals surface area contributed by atoms with Crippen LogP contribution in [0.4, 0.5) is 0 Å². The molecule has 0 aliphatic carbocycles. The van der Waals surface area contributed by atoms with Crippen molar-refractivity contribution in [2.24, 2.45) is 5.92 Å². The Morgan fingerprint density at radius 3 is 2.38 bits per heavy atom. The molecule has 0 aliphatic heterocycles. The fourth-order valence-corrected chi connectivity index (χ4v) is 2.22. The van der Waals surface area contributed by atoms with Crippen LogP contribution in [0.2, 0.25) is 0 Å². The van der Waals surface area contributed by atoms with Crippen LogP contribution < -0.4 is 21.5 Å². The molecule has 0 aromatic heterocycles. The van der Waals surface area contributed by atoms with Crippen molar-refractivity contribution in [3.8, 4) is 0 Å². The summed E-state index contributed by atoms with van der Waals surface area (Å²) in [6, 6.07) is 8.99. The highest BCUT2D eigenvalue weighted by atomic mass is 32.1. The van der Waals surface area contributed by atoms with Crippen molar-refractivity contribution in [3.63, 3.8) is 0 Å². The Morgan fingerprint density at radius 1 is 1.12 bits per heavy atom. The van der Waals surface area contributed by atoms with Crippen LogP contribution in [0, 0.1) is 5.92 Å². The third kappa shape index (κ3) is 8.47. The molecule has 6 nitrogen and oxygen atoms in total. The summed E-state index contributed by atoms with van der Waals surface area (Å²) in [7, 11) is 0. The molecule has 24 heavy (non-hydrogen) atoms. The molecule has 0 spiro atoms. The van der Waals surface area contributed by atoms with Crippen LogP contribution in [0.3, 0.4) is 0 Å². The Kier molecular flexibility index (Phi) is 8.78. The number of amides is 2. The summed E-state index contributed by atoms with van der Waals surface area (Å²) >= 11 is 5.09. The smallest absolute Gasteiger partial charge is 0.240 e. The van der Waals surface area contributed by atoms with Crippen molar-refractivity contribution in [2.45, 2.75) is 39.7 Å². The van der Waals surface area contributed by atoms with Crippen LogP contribution in [0.15, 0.2) is 30.3 Å². The molecule has 4 N–H and O–H groups in total. The van der Waals surface area contributed by atoms with E-state index in [9.17, 15) is 9.59 Å². The number of carbonyl (C=O) groups is 2. The summed E-state index contributed by atoms with van der Waals surface area (Å²) in [6.45, 7) is 6.44. The van der Waals surface area contributed by atoms with E-state index in [1.54, 1.807) is 0 Å². The highest BCUT2D eigenvalue weighted by molar-refractivity contribution is 7.80. The number of rotatable bonds is 7. The van der Waals surface area contributed by atoms with Gasteiger partial charge in [0.2, 0.25) is 11.8 Å². The van der Waals surface area contributed by atoms with Crippen LogP contribution in [0.25, 0.3) is 0 Å². The maximum absolute atomic E-state index is 12.1. The average Bonchev–Trinajstić information content (AvgIpc) is 2.52. The van der Waals surface area contributed by atoms with E-state index in [-0.39, 0.29) is 24.3 Å². The third-order valence-electron chi connectivity index (χ3n) is 3.29.